The zero-order chi connectivity index (χ0) is 12.4. The normalized spacial score (nSPS) is 19.3. The lowest BCUT2D eigenvalue weighted by molar-refractivity contribution is 0.476. The number of rotatable bonds is 3. The van der Waals surface area contributed by atoms with Crippen molar-refractivity contribution < 1.29 is 0 Å². The Kier molecular flexibility index (Phi) is 3.15. The number of aromatic nitrogens is 2. The van der Waals surface area contributed by atoms with E-state index in [4.69, 9.17) is 0 Å². The van der Waals surface area contributed by atoms with Crippen molar-refractivity contribution in [1.29, 1.82) is 0 Å². The molecule has 0 radical (unpaired) electrons. The number of hydrogen-bond donors (Lipinski definition) is 1. The first kappa shape index (κ1) is 11.5. The Morgan fingerprint density at radius 2 is 2.11 bits per heavy atom. The van der Waals surface area contributed by atoms with Crippen molar-refractivity contribution in [2.24, 2.45) is 0 Å². The van der Waals surface area contributed by atoms with Crippen molar-refractivity contribution in [1.82, 2.24) is 15.1 Å². The first-order valence-corrected chi connectivity index (χ1v) is 6.64. The van der Waals surface area contributed by atoms with Gasteiger partial charge in [-0.25, -0.2) is 0 Å². The quantitative estimate of drug-likeness (QED) is 0.895. The Morgan fingerprint density at radius 1 is 1.28 bits per heavy atom. The fourth-order valence-corrected chi connectivity index (χ4v) is 2.50. The lowest BCUT2D eigenvalue weighted by Gasteiger charge is -2.09. The van der Waals surface area contributed by atoms with Gasteiger partial charge in [0.2, 0.25) is 0 Å². The number of benzene rings is 1. The molecule has 0 aliphatic carbocycles. The maximum Gasteiger partial charge on any atom is 0.0568 e. The van der Waals surface area contributed by atoms with E-state index in [0.717, 1.165) is 13.1 Å². The molecule has 0 spiro atoms. The van der Waals surface area contributed by atoms with Gasteiger partial charge in [0, 0.05) is 17.8 Å². The molecule has 0 bridgehead atoms. The van der Waals surface area contributed by atoms with E-state index in [1.165, 1.54) is 29.5 Å². The van der Waals surface area contributed by atoms with E-state index >= 15 is 0 Å². The van der Waals surface area contributed by atoms with Crippen LogP contribution in [0.2, 0.25) is 0 Å². The summed E-state index contributed by atoms with van der Waals surface area (Å²) in [6.45, 7) is 4.24. The highest BCUT2D eigenvalue weighted by atomic mass is 15.3. The minimum absolute atomic E-state index is 0.593. The summed E-state index contributed by atoms with van der Waals surface area (Å²) in [7, 11) is 0. The SMILES string of the molecule is Cc1ccc(-c2cnn(CC3CCCN3)c2)cc1. The molecule has 1 aliphatic heterocycles. The molecule has 3 heteroatoms. The Labute approximate surface area is 108 Å². The first-order chi connectivity index (χ1) is 8.81. The maximum atomic E-state index is 4.46. The second kappa shape index (κ2) is 4.94. The zero-order valence-corrected chi connectivity index (χ0v) is 10.8. The molecule has 1 saturated heterocycles. The van der Waals surface area contributed by atoms with Gasteiger partial charge >= 0.3 is 0 Å². The highest BCUT2D eigenvalue weighted by Crippen LogP contribution is 2.19. The van der Waals surface area contributed by atoms with Crippen LogP contribution >= 0.6 is 0 Å². The summed E-state index contributed by atoms with van der Waals surface area (Å²) in [4.78, 5) is 0. The molecule has 94 valence electrons. The summed E-state index contributed by atoms with van der Waals surface area (Å²) in [5, 5.41) is 7.96. The summed E-state index contributed by atoms with van der Waals surface area (Å²) in [5.41, 5.74) is 3.74. The summed E-state index contributed by atoms with van der Waals surface area (Å²) < 4.78 is 2.05. The molecule has 1 unspecified atom stereocenters. The highest BCUT2D eigenvalue weighted by Gasteiger charge is 2.14. The molecule has 1 atom stereocenters. The van der Waals surface area contributed by atoms with Crippen LogP contribution in [0, 0.1) is 6.92 Å². The average Bonchev–Trinajstić information content (AvgIpc) is 3.02. The van der Waals surface area contributed by atoms with Crippen LogP contribution in [-0.4, -0.2) is 22.4 Å². The van der Waals surface area contributed by atoms with Crippen LogP contribution in [0.4, 0.5) is 0 Å². The van der Waals surface area contributed by atoms with Crippen LogP contribution in [0.25, 0.3) is 11.1 Å². The average molecular weight is 241 g/mol. The van der Waals surface area contributed by atoms with Crippen LogP contribution < -0.4 is 5.32 Å². The van der Waals surface area contributed by atoms with Gasteiger partial charge in [-0.1, -0.05) is 29.8 Å². The highest BCUT2D eigenvalue weighted by molar-refractivity contribution is 5.61. The van der Waals surface area contributed by atoms with Crippen LogP contribution in [0.5, 0.6) is 0 Å². The number of nitrogens with one attached hydrogen (secondary N) is 1. The van der Waals surface area contributed by atoms with Gasteiger partial charge < -0.3 is 5.32 Å². The molecule has 1 fully saturated rings. The van der Waals surface area contributed by atoms with Gasteiger partial charge in [0.15, 0.2) is 0 Å². The molecule has 2 aromatic rings. The second-order valence-electron chi connectivity index (χ2n) is 5.11. The van der Waals surface area contributed by atoms with E-state index in [0.29, 0.717) is 6.04 Å². The Morgan fingerprint density at radius 3 is 2.83 bits per heavy atom. The van der Waals surface area contributed by atoms with Crippen molar-refractivity contribution in [3.05, 3.63) is 42.2 Å². The van der Waals surface area contributed by atoms with Gasteiger partial charge in [0.1, 0.15) is 0 Å². The van der Waals surface area contributed by atoms with Crippen LogP contribution in [0.15, 0.2) is 36.7 Å². The molecule has 1 aromatic heterocycles. The lowest BCUT2D eigenvalue weighted by atomic mass is 10.1. The lowest BCUT2D eigenvalue weighted by Crippen LogP contribution is -2.26. The fourth-order valence-electron chi connectivity index (χ4n) is 2.50. The number of hydrogen-bond acceptors (Lipinski definition) is 2. The molecule has 18 heavy (non-hydrogen) atoms. The third-order valence-corrected chi connectivity index (χ3v) is 3.59. The van der Waals surface area contributed by atoms with E-state index in [2.05, 4.69) is 52.5 Å². The Bertz CT molecular complexity index is 507. The van der Waals surface area contributed by atoms with Gasteiger partial charge in [0.05, 0.1) is 12.7 Å². The van der Waals surface area contributed by atoms with Crippen molar-refractivity contribution in [2.75, 3.05) is 6.54 Å². The smallest absolute Gasteiger partial charge is 0.0568 e. The van der Waals surface area contributed by atoms with Crippen molar-refractivity contribution >= 4 is 0 Å². The minimum atomic E-state index is 0.593. The van der Waals surface area contributed by atoms with Gasteiger partial charge in [-0.3, -0.25) is 4.68 Å². The molecule has 1 aliphatic rings. The molecular weight excluding hydrogens is 222 g/mol. The Balaban J connectivity index is 1.74. The molecule has 3 nitrogen and oxygen atoms in total. The van der Waals surface area contributed by atoms with E-state index in [9.17, 15) is 0 Å². The largest absolute Gasteiger partial charge is 0.312 e. The number of nitrogens with zero attached hydrogens (tertiary/aromatic N) is 2. The third-order valence-electron chi connectivity index (χ3n) is 3.59. The van der Waals surface area contributed by atoms with Crippen molar-refractivity contribution in [2.45, 2.75) is 32.4 Å². The van der Waals surface area contributed by atoms with Crippen LogP contribution in [-0.2, 0) is 6.54 Å². The van der Waals surface area contributed by atoms with Crippen molar-refractivity contribution in [3.8, 4) is 11.1 Å². The molecule has 1 aromatic carbocycles. The standard InChI is InChI=1S/C15H19N3/c1-12-4-6-13(7-5-12)14-9-17-18(10-14)11-15-3-2-8-16-15/h4-7,9-10,15-16H,2-3,8,11H2,1H3. The molecule has 0 amide bonds. The summed E-state index contributed by atoms with van der Waals surface area (Å²) in [5.74, 6) is 0. The summed E-state index contributed by atoms with van der Waals surface area (Å²) in [6, 6.07) is 9.20. The summed E-state index contributed by atoms with van der Waals surface area (Å²) >= 11 is 0. The van der Waals surface area contributed by atoms with E-state index < -0.39 is 0 Å². The second-order valence-corrected chi connectivity index (χ2v) is 5.11. The predicted octanol–water partition coefficient (Wildman–Crippen LogP) is 2.61. The minimum Gasteiger partial charge on any atom is -0.312 e. The molecule has 1 N–H and O–H groups in total. The van der Waals surface area contributed by atoms with Gasteiger partial charge in [-0.15, -0.1) is 0 Å². The molecule has 3 rings (SSSR count). The number of aryl methyl sites for hydroxylation is 1. The zero-order valence-electron chi connectivity index (χ0n) is 10.8. The predicted molar refractivity (Wildman–Crippen MR) is 73.4 cm³/mol. The topological polar surface area (TPSA) is 29.9 Å². The maximum absolute atomic E-state index is 4.46. The monoisotopic (exact) mass is 241 g/mol. The molecule has 2 heterocycles. The third kappa shape index (κ3) is 2.46. The Hall–Kier alpha value is -1.61. The van der Waals surface area contributed by atoms with Gasteiger partial charge in [-0.05, 0) is 31.9 Å². The van der Waals surface area contributed by atoms with Crippen LogP contribution in [0.3, 0.4) is 0 Å². The van der Waals surface area contributed by atoms with Crippen LogP contribution in [0.1, 0.15) is 18.4 Å². The van der Waals surface area contributed by atoms with E-state index in [1.54, 1.807) is 0 Å². The summed E-state index contributed by atoms with van der Waals surface area (Å²) in [6.07, 6.45) is 6.65. The molecule has 0 saturated carbocycles. The van der Waals surface area contributed by atoms with E-state index in [1.807, 2.05) is 6.20 Å². The van der Waals surface area contributed by atoms with E-state index in [-0.39, 0.29) is 0 Å². The van der Waals surface area contributed by atoms with Gasteiger partial charge in [-0.2, -0.15) is 5.10 Å². The molecular formula is C15H19N3. The van der Waals surface area contributed by atoms with Crippen molar-refractivity contribution in [3.63, 3.8) is 0 Å². The first-order valence-electron chi connectivity index (χ1n) is 6.64. The fraction of sp³-hybridized carbons (Fsp3) is 0.400. The van der Waals surface area contributed by atoms with Gasteiger partial charge in [0.25, 0.3) is 0 Å².